The summed E-state index contributed by atoms with van der Waals surface area (Å²) in [4.78, 5) is 14.5. The van der Waals surface area contributed by atoms with Crippen LogP contribution >= 0.6 is 12.2 Å². The van der Waals surface area contributed by atoms with Crippen molar-refractivity contribution < 1.29 is 4.79 Å². The lowest BCUT2D eigenvalue weighted by Gasteiger charge is -2.27. The lowest BCUT2D eigenvalue weighted by atomic mass is 9.96. The van der Waals surface area contributed by atoms with Crippen molar-refractivity contribution in [1.29, 1.82) is 0 Å². The largest absolute Gasteiger partial charge is 0.359 e. The van der Waals surface area contributed by atoms with E-state index in [4.69, 9.17) is 12.2 Å². The molecule has 3 aliphatic rings. The van der Waals surface area contributed by atoms with Crippen molar-refractivity contribution in [2.24, 2.45) is 11.8 Å². The van der Waals surface area contributed by atoms with E-state index in [0.717, 1.165) is 49.0 Å². The zero-order chi connectivity index (χ0) is 17.2. The first-order valence-electron chi connectivity index (χ1n) is 9.66. The van der Waals surface area contributed by atoms with Gasteiger partial charge in [0.05, 0.1) is 0 Å². The Morgan fingerprint density at radius 2 is 1.80 bits per heavy atom. The smallest absolute Gasteiger partial charge is 0.253 e. The number of rotatable bonds is 3. The van der Waals surface area contributed by atoms with Gasteiger partial charge in [-0.1, -0.05) is 6.42 Å². The van der Waals surface area contributed by atoms with Crippen molar-refractivity contribution in [1.82, 2.24) is 10.2 Å². The van der Waals surface area contributed by atoms with Gasteiger partial charge in [0.25, 0.3) is 5.91 Å². The van der Waals surface area contributed by atoms with E-state index >= 15 is 0 Å². The fourth-order valence-electron chi connectivity index (χ4n) is 4.73. The maximum atomic E-state index is 12.5. The van der Waals surface area contributed by atoms with Gasteiger partial charge in [-0.2, -0.15) is 0 Å². The number of hydrogen-bond donors (Lipinski definition) is 2. The average molecular weight is 358 g/mol. The quantitative estimate of drug-likeness (QED) is 0.808. The molecule has 1 saturated heterocycles. The Labute approximate surface area is 155 Å². The van der Waals surface area contributed by atoms with Gasteiger partial charge in [0.2, 0.25) is 0 Å². The minimum atomic E-state index is 0.147. The van der Waals surface area contributed by atoms with Crippen molar-refractivity contribution in [2.45, 2.75) is 51.0 Å². The molecule has 5 heteroatoms. The van der Waals surface area contributed by atoms with Gasteiger partial charge in [-0.05, 0) is 86.8 Å². The fraction of sp³-hybridized carbons (Fsp3) is 0.600. The Hall–Kier alpha value is -1.62. The lowest BCUT2D eigenvalue weighted by molar-refractivity contribution is 0.0724. The van der Waals surface area contributed by atoms with Gasteiger partial charge < -0.3 is 15.5 Å². The summed E-state index contributed by atoms with van der Waals surface area (Å²) in [7, 11) is 0. The number of carbonyl (C=O) groups excluding carboxylic acids is 1. The van der Waals surface area contributed by atoms with Gasteiger partial charge in [0, 0.05) is 30.4 Å². The molecule has 4 nitrogen and oxygen atoms in total. The van der Waals surface area contributed by atoms with E-state index in [1.165, 1.54) is 32.1 Å². The highest BCUT2D eigenvalue weighted by molar-refractivity contribution is 7.80. The third-order valence-electron chi connectivity index (χ3n) is 6.09. The Morgan fingerprint density at radius 3 is 2.44 bits per heavy atom. The molecule has 0 aromatic heterocycles. The van der Waals surface area contributed by atoms with Crippen molar-refractivity contribution in [2.75, 3.05) is 18.4 Å². The Morgan fingerprint density at radius 1 is 1.04 bits per heavy atom. The molecule has 4 rings (SSSR count). The summed E-state index contributed by atoms with van der Waals surface area (Å²) in [6.45, 7) is 1.77. The number of carbonyl (C=O) groups is 1. The molecule has 0 spiro atoms. The number of thiocarbonyl (C=S) groups is 1. The van der Waals surface area contributed by atoms with Gasteiger partial charge in [0.15, 0.2) is 5.11 Å². The summed E-state index contributed by atoms with van der Waals surface area (Å²) in [6.07, 6.45) is 8.85. The van der Waals surface area contributed by atoms with Crippen LogP contribution in [0.1, 0.15) is 55.3 Å². The number of anilines is 1. The average Bonchev–Trinajstić information content (AvgIpc) is 3.25. The number of amides is 1. The number of hydrogen-bond acceptors (Lipinski definition) is 2. The molecule has 1 amide bonds. The number of nitrogens with one attached hydrogen (secondary N) is 2. The first-order chi connectivity index (χ1) is 12.2. The predicted molar refractivity (Wildman–Crippen MR) is 105 cm³/mol. The third kappa shape index (κ3) is 3.81. The van der Waals surface area contributed by atoms with Gasteiger partial charge in [0.1, 0.15) is 0 Å². The van der Waals surface area contributed by atoms with Gasteiger partial charge >= 0.3 is 0 Å². The number of piperidine rings is 1. The summed E-state index contributed by atoms with van der Waals surface area (Å²) < 4.78 is 0. The molecule has 0 unspecified atom stereocenters. The molecule has 1 aliphatic heterocycles. The van der Waals surface area contributed by atoms with Crippen LogP contribution in [0.2, 0.25) is 0 Å². The molecule has 0 radical (unpaired) electrons. The highest BCUT2D eigenvalue weighted by Gasteiger charge is 2.39. The normalized spacial score (nSPS) is 28.0. The van der Waals surface area contributed by atoms with Crippen LogP contribution in [0, 0.1) is 11.8 Å². The molecular formula is C20H27N3OS. The second kappa shape index (κ2) is 7.32. The van der Waals surface area contributed by atoms with Crippen molar-refractivity contribution in [3.8, 4) is 0 Å². The molecule has 25 heavy (non-hydrogen) atoms. The summed E-state index contributed by atoms with van der Waals surface area (Å²) in [5.41, 5.74) is 1.70. The highest BCUT2D eigenvalue weighted by atomic mass is 32.1. The van der Waals surface area contributed by atoms with Crippen molar-refractivity contribution in [3.63, 3.8) is 0 Å². The molecule has 2 N–H and O–H groups in total. The molecule has 1 heterocycles. The van der Waals surface area contributed by atoms with E-state index < -0.39 is 0 Å². The molecule has 1 aromatic rings. The van der Waals surface area contributed by atoms with Crippen LogP contribution in [0.15, 0.2) is 24.3 Å². The second-order valence-electron chi connectivity index (χ2n) is 7.81. The Bertz CT molecular complexity index is 639. The molecule has 134 valence electrons. The zero-order valence-corrected chi connectivity index (χ0v) is 15.5. The topological polar surface area (TPSA) is 44.4 Å². The lowest BCUT2D eigenvalue weighted by Crippen LogP contribution is -2.40. The van der Waals surface area contributed by atoms with E-state index in [-0.39, 0.29) is 5.91 Å². The molecule has 1 aromatic carbocycles. The van der Waals surface area contributed by atoms with Crippen molar-refractivity contribution >= 4 is 28.9 Å². The first-order valence-corrected chi connectivity index (χ1v) is 10.1. The van der Waals surface area contributed by atoms with E-state index in [0.29, 0.717) is 11.2 Å². The monoisotopic (exact) mass is 357 g/mol. The molecular weight excluding hydrogens is 330 g/mol. The first kappa shape index (κ1) is 16.8. The van der Waals surface area contributed by atoms with Crippen LogP contribution in [0.25, 0.3) is 0 Å². The Kier molecular flexibility index (Phi) is 4.93. The molecule has 3 atom stereocenters. The molecule has 2 aliphatic carbocycles. The number of nitrogens with zero attached hydrogens (tertiary/aromatic N) is 1. The SMILES string of the molecule is O=C(c1ccc(NC(=S)N[C@H]2C[C@@H]3CC[C@@H]2C3)cc1)N1CCCCC1. The summed E-state index contributed by atoms with van der Waals surface area (Å²) in [5.74, 6) is 1.86. The minimum Gasteiger partial charge on any atom is -0.359 e. The summed E-state index contributed by atoms with van der Waals surface area (Å²) in [5, 5.41) is 7.46. The van der Waals surface area contributed by atoms with Crippen molar-refractivity contribution in [3.05, 3.63) is 29.8 Å². The van der Waals surface area contributed by atoms with E-state index in [1.807, 2.05) is 29.2 Å². The maximum Gasteiger partial charge on any atom is 0.253 e. The summed E-state index contributed by atoms with van der Waals surface area (Å²) >= 11 is 5.48. The van der Waals surface area contributed by atoms with Gasteiger partial charge in [-0.3, -0.25) is 4.79 Å². The minimum absolute atomic E-state index is 0.147. The zero-order valence-electron chi connectivity index (χ0n) is 14.7. The molecule has 3 fully saturated rings. The van der Waals surface area contributed by atoms with Crippen LogP contribution in [-0.2, 0) is 0 Å². The van der Waals surface area contributed by atoms with Crippen LogP contribution in [0.4, 0.5) is 5.69 Å². The van der Waals surface area contributed by atoms with E-state index in [2.05, 4.69) is 10.6 Å². The molecule has 2 bridgehead atoms. The number of benzene rings is 1. The van der Waals surface area contributed by atoms with Crippen LogP contribution in [-0.4, -0.2) is 35.1 Å². The van der Waals surface area contributed by atoms with E-state index in [9.17, 15) is 4.79 Å². The highest BCUT2D eigenvalue weighted by Crippen LogP contribution is 2.44. The van der Waals surface area contributed by atoms with Crippen LogP contribution in [0.3, 0.4) is 0 Å². The second-order valence-corrected chi connectivity index (χ2v) is 8.22. The summed E-state index contributed by atoms with van der Waals surface area (Å²) in [6, 6.07) is 8.25. The fourth-order valence-corrected chi connectivity index (χ4v) is 5.00. The number of fused-ring (bicyclic) bond motifs is 2. The molecule has 2 saturated carbocycles. The predicted octanol–water partition coefficient (Wildman–Crippen LogP) is 3.79. The van der Waals surface area contributed by atoms with Crippen LogP contribution in [0.5, 0.6) is 0 Å². The maximum absolute atomic E-state index is 12.5. The standard InChI is InChI=1S/C20H27N3OS/c24-19(23-10-2-1-3-11-23)15-6-8-17(9-7-15)21-20(25)22-18-13-14-4-5-16(18)12-14/h6-9,14,16,18H,1-5,10-13H2,(H2,21,22,25)/t14-,16-,18+/m1/s1. The van der Waals surface area contributed by atoms with Gasteiger partial charge in [-0.15, -0.1) is 0 Å². The van der Waals surface area contributed by atoms with E-state index in [1.54, 1.807) is 0 Å². The number of likely N-dealkylation sites (tertiary alicyclic amines) is 1. The third-order valence-corrected chi connectivity index (χ3v) is 6.31. The van der Waals surface area contributed by atoms with Gasteiger partial charge in [-0.25, -0.2) is 0 Å². The van der Waals surface area contributed by atoms with Crippen LogP contribution < -0.4 is 10.6 Å². The Balaban J connectivity index is 1.31.